The SMILES string of the molecule is O=C(O)CCN(CCC(=O)O)c1cccc(I)c1. The largest absolute Gasteiger partial charge is 0.481 e. The molecule has 0 aromatic heterocycles. The fourth-order valence-corrected chi connectivity index (χ4v) is 2.03. The van der Waals surface area contributed by atoms with Gasteiger partial charge in [-0.1, -0.05) is 6.07 Å². The standard InChI is InChI=1S/C12H14INO4/c13-9-2-1-3-10(8-9)14(6-4-11(15)16)7-5-12(17)18/h1-3,8H,4-7H2,(H,15,16)(H,17,18). The first-order valence-corrected chi connectivity index (χ1v) is 6.51. The smallest absolute Gasteiger partial charge is 0.305 e. The molecule has 0 bridgehead atoms. The maximum Gasteiger partial charge on any atom is 0.305 e. The Morgan fingerprint density at radius 1 is 1.11 bits per heavy atom. The third-order valence-corrected chi connectivity index (χ3v) is 3.04. The van der Waals surface area contributed by atoms with Crippen LogP contribution >= 0.6 is 22.6 Å². The van der Waals surface area contributed by atoms with E-state index in [4.69, 9.17) is 10.2 Å². The number of carbonyl (C=O) groups is 2. The third-order valence-electron chi connectivity index (χ3n) is 2.36. The number of carboxylic acid groups (broad SMARTS) is 2. The minimum absolute atomic E-state index is 0.00884. The summed E-state index contributed by atoms with van der Waals surface area (Å²) in [5, 5.41) is 17.4. The molecule has 0 saturated heterocycles. The summed E-state index contributed by atoms with van der Waals surface area (Å²) in [7, 11) is 0. The van der Waals surface area contributed by atoms with Crippen molar-refractivity contribution in [3.63, 3.8) is 0 Å². The zero-order valence-corrected chi connectivity index (χ0v) is 11.8. The topological polar surface area (TPSA) is 77.8 Å². The monoisotopic (exact) mass is 363 g/mol. The lowest BCUT2D eigenvalue weighted by atomic mass is 10.2. The lowest BCUT2D eigenvalue weighted by Gasteiger charge is -2.23. The van der Waals surface area contributed by atoms with Crippen molar-refractivity contribution in [3.8, 4) is 0 Å². The highest BCUT2D eigenvalue weighted by Crippen LogP contribution is 2.18. The number of anilines is 1. The van der Waals surface area contributed by atoms with Gasteiger partial charge in [-0.2, -0.15) is 0 Å². The van der Waals surface area contributed by atoms with Crippen LogP contribution < -0.4 is 4.90 Å². The van der Waals surface area contributed by atoms with Crippen LogP contribution in [0.15, 0.2) is 24.3 Å². The lowest BCUT2D eigenvalue weighted by Crippen LogP contribution is -2.28. The number of benzene rings is 1. The van der Waals surface area contributed by atoms with E-state index in [1.807, 2.05) is 24.3 Å². The van der Waals surface area contributed by atoms with E-state index in [0.29, 0.717) is 13.1 Å². The van der Waals surface area contributed by atoms with Gasteiger partial charge in [-0.15, -0.1) is 0 Å². The number of nitrogens with zero attached hydrogens (tertiary/aromatic N) is 1. The second-order valence-electron chi connectivity index (χ2n) is 3.75. The van der Waals surface area contributed by atoms with Gasteiger partial charge in [0.25, 0.3) is 0 Å². The van der Waals surface area contributed by atoms with Gasteiger partial charge in [0, 0.05) is 22.3 Å². The Kier molecular flexibility index (Phi) is 5.90. The molecule has 0 fully saturated rings. The number of aliphatic carboxylic acids is 2. The number of rotatable bonds is 7. The van der Waals surface area contributed by atoms with E-state index >= 15 is 0 Å². The molecule has 18 heavy (non-hydrogen) atoms. The van der Waals surface area contributed by atoms with Crippen LogP contribution in [0, 0.1) is 3.57 Å². The molecule has 2 N–H and O–H groups in total. The first kappa shape index (κ1) is 14.7. The van der Waals surface area contributed by atoms with Gasteiger partial charge in [0.15, 0.2) is 0 Å². The molecule has 1 rings (SSSR count). The van der Waals surface area contributed by atoms with Crippen molar-refractivity contribution in [3.05, 3.63) is 27.8 Å². The van der Waals surface area contributed by atoms with Crippen LogP contribution in [-0.2, 0) is 9.59 Å². The zero-order valence-electron chi connectivity index (χ0n) is 9.67. The second kappa shape index (κ2) is 7.20. The average Bonchev–Trinajstić information content (AvgIpc) is 2.28. The summed E-state index contributed by atoms with van der Waals surface area (Å²) in [6.07, 6.45) is -0.0177. The van der Waals surface area contributed by atoms with E-state index in [2.05, 4.69) is 22.6 Å². The molecule has 0 spiro atoms. The first-order chi connectivity index (χ1) is 8.49. The van der Waals surface area contributed by atoms with Gasteiger partial charge in [0.1, 0.15) is 0 Å². The molecule has 6 heteroatoms. The summed E-state index contributed by atoms with van der Waals surface area (Å²) in [6.45, 7) is 0.616. The van der Waals surface area contributed by atoms with E-state index in [9.17, 15) is 9.59 Å². The summed E-state index contributed by atoms with van der Waals surface area (Å²) >= 11 is 2.16. The van der Waals surface area contributed by atoms with Crippen molar-refractivity contribution in [2.45, 2.75) is 12.8 Å². The lowest BCUT2D eigenvalue weighted by molar-refractivity contribution is -0.137. The van der Waals surface area contributed by atoms with Crippen LogP contribution in [0.3, 0.4) is 0 Å². The zero-order chi connectivity index (χ0) is 13.5. The van der Waals surface area contributed by atoms with Gasteiger partial charge < -0.3 is 15.1 Å². The van der Waals surface area contributed by atoms with E-state index in [-0.39, 0.29) is 12.8 Å². The Hall–Kier alpha value is -1.31. The highest BCUT2D eigenvalue weighted by atomic mass is 127. The van der Waals surface area contributed by atoms with E-state index in [1.54, 1.807) is 4.90 Å². The Morgan fingerprint density at radius 2 is 1.67 bits per heavy atom. The van der Waals surface area contributed by atoms with Gasteiger partial charge in [-0.05, 0) is 40.8 Å². The molecule has 0 aliphatic heterocycles. The molecular weight excluding hydrogens is 349 g/mol. The molecule has 1 aromatic rings. The number of carboxylic acids is 2. The Morgan fingerprint density at radius 3 is 2.11 bits per heavy atom. The molecule has 0 atom stereocenters. The summed E-state index contributed by atoms with van der Waals surface area (Å²) < 4.78 is 1.03. The number of hydrogen-bond acceptors (Lipinski definition) is 3. The highest BCUT2D eigenvalue weighted by Gasteiger charge is 2.10. The van der Waals surface area contributed by atoms with Gasteiger partial charge in [0.2, 0.25) is 0 Å². The van der Waals surface area contributed by atoms with Crippen molar-refractivity contribution in [1.82, 2.24) is 0 Å². The molecule has 0 radical (unpaired) electrons. The van der Waals surface area contributed by atoms with Gasteiger partial charge in [-0.3, -0.25) is 9.59 Å². The summed E-state index contributed by atoms with van der Waals surface area (Å²) in [5.74, 6) is -1.78. The minimum atomic E-state index is -0.888. The molecule has 0 amide bonds. The predicted octanol–water partition coefficient (Wildman–Crippen LogP) is 2.05. The number of halogens is 1. The fraction of sp³-hybridized carbons (Fsp3) is 0.333. The maximum atomic E-state index is 10.6. The van der Waals surface area contributed by atoms with Gasteiger partial charge in [0.05, 0.1) is 12.8 Å². The van der Waals surface area contributed by atoms with E-state index in [1.165, 1.54) is 0 Å². The predicted molar refractivity (Wildman–Crippen MR) is 75.9 cm³/mol. The van der Waals surface area contributed by atoms with Crippen molar-refractivity contribution in [2.75, 3.05) is 18.0 Å². The average molecular weight is 363 g/mol. The molecule has 0 saturated carbocycles. The van der Waals surface area contributed by atoms with E-state index in [0.717, 1.165) is 9.26 Å². The highest BCUT2D eigenvalue weighted by molar-refractivity contribution is 14.1. The quantitative estimate of drug-likeness (QED) is 0.725. The van der Waals surface area contributed by atoms with Gasteiger partial charge in [-0.25, -0.2) is 0 Å². The first-order valence-electron chi connectivity index (χ1n) is 5.43. The summed E-state index contributed by atoms with van der Waals surface area (Å²) in [4.78, 5) is 23.0. The van der Waals surface area contributed by atoms with Gasteiger partial charge >= 0.3 is 11.9 Å². The van der Waals surface area contributed by atoms with Crippen LogP contribution in [0.1, 0.15) is 12.8 Å². The molecule has 98 valence electrons. The molecule has 0 aliphatic carbocycles. The van der Waals surface area contributed by atoms with Crippen LogP contribution in [0.4, 0.5) is 5.69 Å². The summed E-state index contributed by atoms with van der Waals surface area (Å²) in [5.41, 5.74) is 0.851. The normalized spacial score (nSPS) is 10.1. The second-order valence-corrected chi connectivity index (χ2v) is 5.00. The summed E-state index contributed by atoms with van der Waals surface area (Å²) in [6, 6.07) is 7.55. The van der Waals surface area contributed by atoms with Crippen molar-refractivity contribution < 1.29 is 19.8 Å². The molecular formula is C12H14INO4. The van der Waals surface area contributed by atoms with Crippen LogP contribution in [-0.4, -0.2) is 35.2 Å². The van der Waals surface area contributed by atoms with Crippen molar-refractivity contribution in [2.24, 2.45) is 0 Å². The Labute approximate surface area is 119 Å². The third kappa shape index (κ3) is 5.35. The van der Waals surface area contributed by atoms with Crippen LogP contribution in [0.25, 0.3) is 0 Å². The van der Waals surface area contributed by atoms with Crippen molar-refractivity contribution in [1.29, 1.82) is 0 Å². The Balaban J connectivity index is 2.75. The van der Waals surface area contributed by atoms with E-state index < -0.39 is 11.9 Å². The fourth-order valence-electron chi connectivity index (χ4n) is 1.50. The molecule has 0 aliphatic rings. The molecule has 5 nitrogen and oxygen atoms in total. The molecule has 0 heterocycles. The Bertz CT molecular complexity index is 418. The molecule has 1 aromatic carbocycles. The van der Waals surface area contributed by atoms with Crippen LogP contribution in [0.5, 0.6) is 0 Å². The van der Waals surface area contributed by atoms with Crippen molar-refractivity contribution >= 4 is 40.2 Å². The minimum Gasteiger partial charge on any atom is -0.481 e. The number of hydrogen-bond donors (Lipinski definition) is 2. The van der Waals surface area contributed by atoms with Crippen LogP contribution in [0.2, 0.25) is 0 Å². The maximum absolute atomic E-state index is 10.6. The molecule has 0 unspecified atom stereocenters.